The van der Waals surface area contributed by atoms with Gasteiger partial charge in [-0.25, -0.2) is 0 Å². The highest BCUT2D eigenvalue weighted by atomic mass is 35.5. The Morgan fingerprint density at radius 1 is 1.11 bits per heavy atom. The van der Waals surface area contributed by atoms with Crippen LogP contribution in [0.5, 0.6) is 0 Å². The Hall–Kier alpha value is -2.94. The minimum Gasteiger partial charge on any atom is -0.394 e. The van der Waals surface area contributed by atoms with Crippen LogP contribution in [0.3, 0.4) is 0 Å². The molecule has 3 amide bonds. The summed E-state index contributed by atoms with van der Waals surface area (Å²) >= 11 is 5.97. The summed E-state index contributed by atoms with van der Waals surface area (Å²) in [5, 5.41) is 16.4. The highest BCUT2D eigenvalue weighted by Gasteiger charge is 2.75. The summed E-state index contributed by atoms with van der Waals surface area (Å²) in [5.41, 5.74) is 0.0459. The van der Waals surface area contributed by atoms with E-state index in [1.54, 1.807) is 36.4 Å². The third-order valence-corrected chi connectivity index (χ3v) is 7.77. The number of aliphatic hydroxyl groups excluding tert-OH is 1. The maximum atomic E-state index is 13.9. The molecule has 0 aromatic heterocycles. The summed E-state index contributed by atoms with van der Waals surface area (Å²) in [6.45, 7) is 1.56. The normalized spacial score (nSPS) is 29.7. The van der Waals surface area contributed by atoms with Gasteiger partial charge in [0.2, 0.25) is 17.7 Å². The van der Waals surface area contributed by atoms with Gasteiger partial charge in [0.25, 0.3) is 0 Å². The molecule has 3 aliphatic heterocycles. The van der Waals surface area contributed by atoms with Gasteiger partial charge in [0.05, 0.1) is 30.6 Å². The molecule has 2 bridgehead atoms. The average Bonchev–Trinajstić information content (AvgIpc) is 3.50. The van der Waals surface area contributed by atoms with Crippen LogP contribution < -0.4 is 10.6 Å². The number of ether oxygens (including phenoxy) is 1. The third kappa shape index (κ3) is 3.90. The first kappa shape index (κ1) is 23.8. The Kier molecular flexibility index (Phi) is 6.29. The third-order valence-electron chi connectivity index (χ3n) is 7.52. The van der Waals surface area contributed by atoms with Crippen molar-refractivity contribution in [2.75, 3.05) is 17.2 Å². The maximum Gasteiger partial charge on any atom is 0.250 e. The Bertz CT molecular complexity index is 1120. The Morgan fingerprint density at radius 3 is 2.43 bits per heavy atom. The van der Waals surface area contributed by atoms with Crippen molar-refractivity contribution in [2.24, 2.45) is 11.8 Å². The van der Waals surface area contributed by atoms with Crippen molar-refractivity contribution < 1.29 is 24.2 Å². The van der Waals surface area contributed by atoms with Crippen LogP contribution in [0.2, 0.25) is 5.02 Å². The van der Waals surface area contributed by atoms with Crippen LogP contribution in [0, 0.1) is 11.8 Å². The number of hydrogen-bond donors (Lipinski definition) is 3. The molecular formula is C26H28ClN3O5. The van der Waals surface area contributed by atoms with Crippen LogP contribution in [0.15, 0.2) is 54.6 Å². The van der Waals surface area contributed by atoms with E-state index in [0.717, 1.165) is 0 Å². The van der Waals surface area contributed by atoms with Gasteiger partial charge < -0.3 is 25.4 Å². The standard InChI is InChI=1S/C26H28ClN3O5/c1-2-18(14-31)30-22(24(33)29-17-10-8-15(27)9-11-17)26-13-12-19(35-26)20(21(26)25(30)34)23(32)28-16-6-4-3-5-7-16/h3-11,18-22,31H,2,12-14H2,1H3,(H,28,32)(H,29,33)/t18-,19-,20+,21-,22?,26?/m0/s1. The predicted molar refractivity (Wildman–Crippen MR) is 131 cm³/mol. The fourth-order valence-electron chi connectivity index (χ4n) is 5.99. The van der Waals surface area contributed by atoms with Crippen molar-refractivity contribution in [3.63, 3.8) is 0 Å². The van der Waals surface area contributed by atoms with E-state index < -0.39 is 41.5 Å². The molecule has 2 unspecified atom stereocenters. The number of carbonyl (C=O) groups is 3. The Morgan fingerprint density at radius 2 is 1.77 bits per heavy atom. The smallest absolute Gasteiger partial charge is 0.250 e. The molecule has 3 fully saturated rings. The molecule has 1 spiro atoms. The van der Waals surface area contributed by atoms with Gasteiger partial charge in [-0.15, -0.1) is 0 Å². The summed E-state index contributed by atoms with van der Waals surface area (Å²) in [7, 11) is 0. The van der Waals surface area contributed by atoms with Gasteiger partial charge in [-0.1, -0.05) is 36.7 Å². The Labute approximate surface area is 208 Å². The lowest BCUT2D eigenvalue weighted by molar-refractivity contribution is -0.143. The molecule has 35 heavy (non-hydrogen) atoms. The number of amides is 3. The van der Waals surface area contributed by atoms with E-state index in [1.807, 2.05) is 25.1 Å². The van der Waals surface area contributed by atoms with E-state index in [2.05, 4.69) is 10.6 Å². The van der Waals surface area contributed by atoms with Crippen molar-refractivity contribution in [1.82, 2.24) is 4.90 Å². The van der Waals surface area contributed by atoms with Crippen LogP contribution in [-0.2, 0) is 19.1 Å². The van der Waals surface area contributed by atoms with Crippen LogP contribution in [-0.4, -0.2) is 58.1 Å². The number of fused-ring (bicyclic) bond motifs is 1. The number of para-hydroxylation sites is 1. The monoisotopic (exact) mass is 497 g/mol. The zero-order chi connectivity index (χ0) is 24.7. The van der Waals surface area contributed by atoms with Gasteiger partial charge in [0, 0.05) is 16.4 Å². The van der Waals surface area contributed by atoms with E-state index in [4.69, 9.17) is 16.3 Å². The second kappa shape index (κ2) is 9.26. The number of halogens is 1. The van der Waals surface area contributed by atoms with E-state index in [0.29, 0.717) is 35.7 Å². The molecule has 2 aromatic rings. The van der Waals surface area contributed by atoms with Crippen molar-refractivity contribution in [3.8, 4) is 0 Å². The molecule has 3 heterocycles. The maximum absolute atomic E-state index is 13.9. The minimum absolute atomic E-state index is 0.292. The molecule has 6 atom stereocenters. The number of anilines is 2. The topological polar surface area (TPSA) is 108 Å². The minimum atomic E-state index is -1.13. The first-order valence-corrected chi connectivity index (χ1v) is 12.3. The van der Waals surface area contributed by atoms with Gasteiger partial charge in [-0.3, -0.25) is 14.4 Å². The SMILES string of the molecule is CC[C@@H](CO)N1C(=O)[C@@H]2[C@H](C(=O)Nc3ccccc3)[C@@H]3CCC2(O3)C1C(=O)Nc1ccc(Cl)cc1. The molecule has 5 rings (SSSR count). The van der Waals surface area contributed by atoms with Gasteiger partial charge >= 0.3 is 0 Å². The first-order chi connectivity index (χ1) is 16.9. The number of carbonyl (C=O) groups excluding carboxylic acids is 3. The molecule has 0 aliphatic carbocycles. The lowest BCUT2D eigenvalue weighted by Gasteiger charge is -2.36. The number of nitrogens with zero attached hydrogens (tertiary/aromatic N) is 1. The van der Waals surface area contributed by atoms with E-state index in [9.17, 15) is 19.5 Å². The van der Waals surface area contributed by atoms with Crippen molar-refractivity contribution in [1.29, 1.82) is 0 Å². The molecule has 3 N–H and O–H groups in total. The van der Waals surface area contributed by atoms with Crippen molar-refractivity contribution >= 4 is 40.7 Å². The number of rotatable bonds is 7. The number of aliphatic hydroxyl groups is 1. The fraction of sp³-hybridized carbons (Fsp3) is 0.423. The second-order valence-electron chi connectivity index (χ2n) is 9.40. The fourth-order valence-corrected chi connectivity index (χ4v) is 6.11. The lowest BCUT2D eigenvalue weighted by atomic mass is 9.70. The van der Waals surface area contributed by atoms with Crippen molar-refractivity contribution in [3.05, 3.63) is 59.6 Å². The average molecular weight is 498 g/mol. The van der Waals surface area contributed by atoms with Crippen molar-refractivity contribution in [2.45, 2.75) is 50.0 Å². The van der Waals surface area contributed by atoms with Gasteiger partial charge in [-0.2, -0.15) is 0 Å². The zero-order valence-corrected chi connectivity index (χ0v) is 20.1. The van der Waals surface area contributed by atoms with Gasteiger partial charge in [-0.05, 0) is 55.7 Å². The summed E-state index contributed by atoms with van der Waals surface area (Å²) in [5.74, 6) is -2.54. The largest absolute Gasteiger partial charge is 0.394 e. The van der Waals surface area contributed by atoms with E-state index in [-0.39, 0.29) is 18.4 Å². The lowest BCUT2D eigenvalue weighted by Crippen LogP contribution is -2.56. The van der Waals surface area contributed by atoms with Crippen LogP contribution in [0.1, 0.15) is 26.2 Å². The van der Waals surface area contributed by atoms with Gasteiger partial charge in [0.1, 0.15) is 11.6 Å². The van der Waals surface area contributed by atoms with Crippen LogP contribution in [0.4, 0.5) is 11.4 Å². The summed E-state index contributed by atoms with van der Waals surface area (Å²) in [4.78, 5) is 42.4. The highest BCUT2D eigenvalue weighted by molar-refractivity contribution is 6.30. The molecular weight excluding hydrogens is 470 g/mol. The molecule has 8 nitrogen and oxygen atoms in total. The molecule has 2 aromatic carbocycles. The van der Waals surface area contributed by atoms with Gasteiger partial charge in [0.15, 0.2) is 0 Å². The highest BCUT2D eigenvalue weighted by Crippen LogP contribution is 2.59. The van der Waals surface area contributed by atoms with Crippen LogP contribution >= 0.6 is 11.6 Å². The summed E-state index contributed by atoms with van der Waals surface area (Å²) in [6, 6.07) is 14.2. The Balaban J connectivity index is 1.49. The summed E-state index contributed by atoms with van der Waals surface area (Å²) in [6.07, 6.45) is 1.07. The zero-order valence-electron chi connectivity index (χ0n) is 19.3. The quantitative estimate of drug-likeness (QED) is 0.545. The molecule has 184 valence electrons. The molecule has 9 heteroatoms. The molecule has 3 aliphatic rings. The number of nitrogens with one attached hydrogen (secondary N) is 2. The van der Waals surface area contributed by atoms with E-state index in [1.165, 1.54) is 4.90 Å². The number of hydrogen-bond acceptors (Lipinski definition) is 5. The second-order valence-corrected chi connectivity index (χ2v) is 9.83. The first-order valence-electron chi connectivity index (χ1n) is 11.9. The molecule has 3 saturated heterocycles. The molecule has 0 radical (unpaired) electrons. The number of benzene rings is 2. The predicted octanol–water partition coefficient (Wildman–Crippen LogP) is 3.06. The molecule has 0 saturated carbocycles. The number of likely N-dealkylation sites (tertiary alicyclic amines) is 1. The van der Waals surface area contributed by atoms with Crippen LogP contribution in [0.25, 0.3) is 0 Å². The van der Waals surface area contributed by atoms with E-state index >= 15 is 0 Å². The summed E-state index contributed by atoms with van der Waals surface area (Å²) < 4.78 is 6.40.